The van der Waals surface area contributed by atoms with Crippen LogP contribution in [0.1, 0.15) is 51.3 Å². The fourth-order valence-electron chi connectivity index (χ4n) is 3.89. The average Bonchev–Trinajstić information content (AvgIpc) is 3.18. The molecule has 9 heteroatoms. The van der Waals surface area contributed by atoms with E-state index in [0.29, 0.717) is 28.0 Å². The Balaban J connectivity index is 1.63. The summed E-state index contributed by atoms with van der Waals surface area (Å²) in [7, 11) is 0. The molecular weight excluding hydrogens is 484 g/mol. The molecule has 1 N–H and O–H groups in total. The lowest BCUT2D eigenvalue weighted by Gasteiger charge is -2.37. The summed E-state index contributed by atoms with van der Waals surface area (Å²) in [5, 5.41) is 6.11. The van der Waals surface area contributed by atoms with E-state index >= 15 is 0 Å². The van der Waals surface area contributed by atoms with Gasteiger partial charge in [0.2, 0.25) is 5.91 Å². The van der Waals surface area contributed by atoms with E-state index in [-0.39, 0.29) is 12.3 Å². The molecule has 1 unspecified atom stereocenters. The van der Waals surface area contributed by atoms with Gasteiger partial charge in [0, 0.05) is 29.7 Å². The highest BCUT2D eigenvalue weighted by molar-refractivity contribution is 8.16. The lowest BCUT2D eigenvalue weighted by atomic mass is 9.93. The molecule has 1 atom stereocenters. The largest absolute Gasteiger partial charge is 0.456 e. The number of ether oxygens (including phenoxy) is 1. The molecule has 2 aromatic rings. The molecule has 0 saturated carbocycles. The van der Waals surface area contributed by atoms with Crippen molar-refractivity contribution in [3.8, 4) is 0 Å². The van der Waals surface area contributed by atoms with Crippen LogP contribution in [-0.4, -0.2) is 32.5 Å². The predicted octanol–water partition coefficient (Wildman–Crippen LogP) is 5.36. The van der Waals surface area contributed by atoms with Crippen LogP contribution in [0.4, 0.5) is 0 Å². The third-order valence-corrected chi connectivity index (χ3v) is 6.46. The molecular formula is C26H27ClN4O3S. The smallest absolute Gasteiger partial charge is 0.338 e. The van der Waals surface area contributed by atoms with Gasteiger partial charge in [0.1, 0.15) is 5.60 Å². The Labute approximate surface area is 214 Å². The lowest BCUT2D eigenvalue weighted by Crippen LogP contribution is -2.39. The number of pyridine rings is 1. The number of thioether (sulfide) groups is 1. The number of halogens is 1. The second-order valence-corrected chi connectivity index (χ2v) is 10.5. The number of hydrogen-bond acceptors (Lipinski definition) is 7. The van der Waals surface area contributed by atoms with Crippen molar-refractivity contribution in [3.63, 3.8) is 0 Å². The SMILES string of the molecule is CC1=C(C(=O)OC(C)(C)C)C(c2cccc(Cl)c2)N2C(CC(=O)NCc3cccnc3)=CSC2=N1. The Bertz CT molecular complexity index is 1230. The van der Waals surface area contributed by atoms with Gasteiger partial charge in [0.15, 0.2) is 5.17 Å². The molecule has 0 radical (unpaired) electrons. The van der Waals surface area contributed by atoms with Crippen LogP contribution in [0.3, 0.4) is 0 Å². The van der Waals surface area contributed by atoms with Crippen LogP contribution in [0.25, 0.3) is 0 Å². The molecule has 0 fully saturated rings. The van der Waals surface area contributed by atoms with Crippen LogP contribution in [0.2, 0.25) is 5.02 Å². The molecule has 0 bridgehead atoms. The third-order valence-electron chi connectivity index (χ3n) is 5.34. The number of nitrogens with one attached hydrogen (secondary N) is 1. The van der Waals surface area contributed by atoms with E-state index in [1.54, 1.807) is 25.4 Å². The van der Waals surface area contributed by atoms with Crippen molar-refractivity contribution >= 4 is 40.4 Å². The number of rotatable bonds is 6. The number of hydrogen-bond donors (Lipinski definition) is 1. The molecule has 3 heterocycles. The molecule has 0 aliphatic carbocycles. The van der Waals surface area contributed by atoms with E-state index in [1.165, 1.54) is 11.8 Å². The highest BCUT2D eigenvalue weighted by Gasteiger charge is 2.41. The Morgan fingerprint density at radius 2 is 2.03 bits per heavy atom. The van der Waals surface area contributed by atoms with Crippen molar-refractivity contribution in [2.75, 3.05) is 0 Å². The first-order chi connectivity index (χ1) is 16.6. The van der Waals surface area contributed by atoms with Crippen LogP contribution >= 0.6 is 23.4 Å². The van der Waals surface area contributed by atoms with Gasteiger partial charge in [0.05, 0.1) is 23.7 Å². The normalized spacial score (nSPS) is 17.5. The molecule has 1 aromatic heterocycles. The van der Waals surface area contributed by atoms with Gasteiger partial charge in [-0.2, -0.15) is 0 Å². The minimum absolute atomic E-state index is 0.129. The number of benzene rings is 1. The summed E-state index contributed by atoms with van der Waals surface area (Å²) in [6, 6.07) is 10.6. The second-order valence-electron chi connectivity index (χ2n) is 9.26. The summed E-state index contributed by atoms with van der Waals surface area (Å²) in [6.07, 6.45) is 3.54. The Kier molecular flexibility index (Phi) is 7.33. The third kappa shape index (κ3) is 5.94. The van der Waals surface area contributed by atoms with Gasteiger partial charge in [0.25, 0.3) is 0 Å². The van der Waals surface area contributed by atoms with Crippen LogP contribution in [-0.2, 0) is 20.9 Å². The zero-order valence-electron chi connectivity index (χ0n) is 20.0. The first-order valence-corrected chi connectivity index (χ1v) is 12.5. The minimum atomic E-state index is -0.669. The molecule has 2 aliphatic rings. The van der Waals surface area contributed by atoms with Gasteiger partial charge in [-0.05, 0) is 62.4 Å². The fraction of sp³-hybridized carbons (Fsp3) is 0.308. The maximum atomic E-state index is 13.3. The van der Waals surface area contributed by atoms with E-state index in [2.05, 4.69) is 15.3 Å². The molecule has 182 valence electrons. The van der Waals surface area contributed by atoms with Gasteiger partial charge in [-0.15, -0.1) is 0 Å². The van der Waals surface area contributed by atoms with Gasteiger partial charge in [-0.1, -0.05) is 41.6 Å². The van der Waals surface area contributed by atoms with Crippen molar-refractivity contribution in [3.05, 3.63) is 87.3 Å². The van der Waals surface area contributed by atoms with Crippen LogP contribution in [0, 0.1) is 0 Å². The van der Waals surface area contributed by atoms with E-state index < -0.39 is 17.6 Å². The van der Waals surface area contributed by atoms with Crippen molar-refractivity contribution in [2.45, 2.75) is 52.3 Å². The molecule has 1 aromatic carbocycles. The first kappa shape index (κ1) is 25.0. The first-order valence-electron chi connectivity index (χ1n) is 11.2. The van der Waals surface area contributed by atoms with Gasteiger partial charge in [-0.25, -0.2) is 9.79 Å². The van der Waals surface area contributed by atoms with Gasteiger partial charge < -0.3 is 15.0 Å². The molecule has 0 saturated heterocycles. The van der Waals surface area contributed by atoms with Crippen LogP contribution < -0.4 is 5.32 Å². The summed E-state index contributed by atoms with van der Waals surface area (Å²) in [6.45, 7) is 7.68. The summed E-state index contributed by atoms with van der Waals surface area (Å²) < 4.78 is 5.74. The van der Waals surface area contributed by atoms with E-state index in [1.807, 2.05) is 61.4 Å². The van der Waals surface area contributed by atoms with E-state index in [0.717, 1.165) is 16.8 Å². The number of aliphatic imine (C=N–C) groups is 1. The topological polar surface area (TPSA) is 83.9 Å². The average molecular weight is 511 g/mol. The Morgan fingerprint density at radius 1 is 1.23 bits per heavy atom. The fourth-order valence-corrected chi connectivity index (χ4v) is 5.05. The van der Waals surface area contributed by atoms with Gasteiger partial charge in [-0.3, -0.25) is 9.78 Å². The highest BCUT2D eigenvalue weighted by atomic mass is 35.5. The number of esters is 1. The number of carbonyl (C=O) groups is 2. The quantitative estimate of drug-likeness (QED) is 0.527. The minimum Gasteiger partial charge on any atom is -0.456 e. The van der Waals surface area contributed by atoms with Gasteiger partial charge >= 0.3 is 5.97 Å². The number of carbonyl (C=O) groups excluding carboxylic acids is 2. The zero-order chi connectivity index (χ0) is 25.2. The second kappa shape index (κ2) is 10.3. The monoisotopic (exact) mass is 510 g/mol. The van der Waals surface area contributed by atoms with Crippen molar-refractivity contribution < 1.29 is 14.3 Å². The summed E-state index contributed by atoms with van der Waals surface area (Å²) in [5.41, 5.74) is 2.81. The summed E-state index contributed by atoms with van der Waals surface area (Å²) in [5.74, 6) is -0.586. The number of amidine groups is 1. The number of fused-ring (bicyclic) bond motifs is 1. The van der Waals surface area contributed by atoms with E-state index in [9.17, 15) is 9.59 Å². The molecule has 1 amide bonds. The van der Waals surface area contributed by atoms with Crippen molar-refractivity contribution in [2.24, 2.45) is 4.99 Å². The van der Waals surface area contributed by atoms with Crippen molar-refractivity contribution in [1.82, 2.24) is 15.2 Å². The molecule has 2 aliphatic heterocycles. The standard InChI is InChI=1S/C26H27ClN4O3S/c1-16-22(24(33)34-26(2,3)4)23(18-8-5-9-19(27)11-18)31-20(15-35-25(31)30-16)12-21(32)29-14-17-7-6-10-28-13-17/h5-11,13,15,23H,12,14H2,1-4H3,(H,29,32). The number of amides is 1. The van der Waals surface area contributed by atoms with Crippen molar-refractivity contribution in [1.29, 1.82) is 0 Å². The lowest BCUT2D eigenvalue weighted by molar-refractivity contribution is -0.150. The Morgan fingerprint density at radius 3 is 2.71 bits per heavy atom. The molecule has 0 spiro atoms. The zero-order valence-corrected chi connectivity index (χ0v) is 21.6. The predicted molar refractivity (Wildman–Crippen MR) is 138 cm³/mol. The van der Waals surface area contributed by atoms with E-state index in [4.69, 9.17) is 16.3 Å². The van der Waals surface area contributed by atoms with Crippen LogP contribution in [0.5, 0.6) is 0 Å². The summed E-state index contributed by atoms with van der Waals surface area (Å²) >= 11 is 7.76. The molecule has 7 nitrogen and oxygen atoms in total. The maximum Gasteiger partial charge on any atom is 0.338 e. The van der Waals surface area contributed by atoms with Crippen LogP contribution in [0.15, 0.2) is 76.2 Å². The number of allylic oxidation sites excluding steroid dienone is 1. The highest BCUT2D eigenvalue weighted by Crippen LogP contribution is 2.45. The Hall–Kier alpha value is -3.10. The maximum absolute atomic E-state index is 13.3. The molecule has 35 heavy (non-hydrogen) atoms. The number of nitrogens with zero attached hydrogens (tertiary/aromatic N) is 3. The molecule has 4 rings (SSSR count). The summed E-state index contributed by atoms with van der Waals surface area (Å²) in [4.78, 5) is 36.9. The number of aromatic nitrogens is 1.